The minimum Gasteiger partial charge on any atom is -0.356 e. The van der Waals surface area contributed by atoms with Gasteiger partial charge in [0.2, 0.25) is 0 Å². The lowest BCUT2D eigenvalue weighted by atomic mass is 9.96. The average molecular weight is 388 g/mol. The summed E-state index contributed by atoms with van der Waals surface area (Å²) in [5.41, 5.74) is -0.779. The molecule has 0 bridgehead atoms. The Morgan fingerprint density at radius 3 is 2.61 bits per heavy atom. The van der Waals surface area contributed by atoms with Crippen molar-refractivity contribution in [2.24, 2.45) is 5.92 Å². The van der Waals surface area contributed by atoms with Gasteiger partial charge in [0, 0.05) is 25.8 Å². The monoisotopic (exact) mass is 388 g/mol. The van der Waals surface area contributed by atoms with Crippen molar-refractivity contribution in [3.05, 3.63) is 59.3 Å². The lowest BCUT2D eigenvalue weighted by molar-refractivity contribution is -0.137. The molecule has 1 aromatic carbocycles. The number of aromatic nitrogens is 1. The molecular weight excluding hydrogens is 369 g/mol. The maximum Gasteiger partial charge on any atom is 0.417 e. The fourth-order valence-corrected chi connectivity index (χ4v) is 3.35. The number of carbonyl (C=O) groups is 1. The molecule has 3 rings (SSSR count). The number of rotatable bonds is 4. The first-order valence-electron chi connectivity index (χ1n) is 8.94. The molecule has 8 heteroatoms. The lowest BCUT2D eigenvalue weighted by Gasteiger charge is -2.33. The number of benzene rings is 1. The third-order valence-electron chi connectivity index (χ3n) is 4.85. The van der Waals surface area contributed by atoms with E-state index in [4.69, 9.17) is 0 Å². The van der Waals surface area contributed by atoms with Crippen molar-refractivity contribution in [1.29, 1.82) is 5.26 Å². The van der Waals surface area contributed by atoms with E-state index >= 15 is 0 Å². The van der Waals surface area contributed by atoms with Crippen molar-refractivity contribution in [3.8, 4) is 6.07 Å². The summed E-state index contributed by atoms with van der Waals surface area (Å²) in [5.74, 6) is 0.0888. The van der Waals surface area contributed by atoms with Crippen LogP contribution in [0.25, 0.3) is 0 Å². The fourth-order valence-electron chi connectivity index (χ4n) is 3.35. The van der Waals surface area contributed by atoms with Gasteiger partial charge in [-0.25, -0.2) is 4.98 Å². The number of carbonyl (C=O) groups excluding carboxylic acids is 1. The highest BCUT2D eigenvalue weighted by molar-refractivity contribution is 5.95. The summed E-state index contributed by atoms with van der Waals surface area (Å²) in [6, 6.07) is 10.3. The Morgan fingerprint density at radius 2 is 1.93 bits per heavy atom. The summed E-state index contributed by atoms with van der Waals surface area (Å²) in [6.07, 6.45) is -1.42. The van der Waals surface area contributed by atoms with Crippen molar-refractivity contribution in [1.82, 2.24) is 10.3 Å². The second-order valence-electron chi connectivity index (χ2n) is 6.67. The molecule has 2 heterocycles. The molecule has 0 atom stereocenters. The zero-order valence-electron chi connectivity index (χ0n) is 15.0. The molecule has 1 aliphatic heterocycles. The van der Waals surface area contributed by atoms with Gasteiger partial charge in [-0.15, -0.1) is 0 Å². The Hall–Kier alpha value is -3.08. The zero-order valence-corrected chi connectivity index (χ0v) is 15.0. The number of pyridine rings is 1. The van der Waals surface area contributed by atoms with E-state index in [-0.39, 0.29) is 11.5 Å². The molecule has 1 aromatic heterocycles. The summed E-state index contributed by atoms with van der Waals surface area (Å²) >= 11 is 0. The number of nitrogens with zero attached hydrogens (tertiary/aromatic N) is 3. The van der Waals surface area contributed by atoms with E-state index in [9.17, 15) is 23.2 Å². The highest BCUT2D eigenvalue weighted by Crippen LogP contribution is 2.32. The molecule has 1 aliphatic rings. The Kier molecular flexibility index (Phi) is 5.83. The number of hydrogen-bond acceptors (Lipinski definition) is 4. The first kappa shape index (κ1) is 19.7. The van der Waals surface area contributed by atoms with Gasteiger partial charge in [0.05, 0.1) is 16.7 Å². The quantitative estimate of drug-likeness (QED) is 0.869. The van der Waals surface area contributed by atoms with Crippen LogP contribution in [0.4, 0.5) is 19.0 Å². The summed E-state index contributed by atoms with van der Waals surface area (Å²) in [6.45, 7) is 1.66. The number of nitrogens with one attached hydrogen (secondary N) is 1. The number of piperidine rings is 1. The molecule has 0 radical (unpaired) electrons. The van der Waals surface area contributed by atoms with Gasteiger partial charge in [-0.2, -0.15) is 18.4 Å². The number of nitriles is 1. The summed E-state index contributed by atoms with van der Waals surface area (Å²) in [4.78, 5) is 18.6. The minimum atomic E-state index is -4.57. The van der Waals surface area contributed by atoms with Crippen LogP contribution in [0.15, 0.2) is 42.6 Å². The molecule has 0 saturated carbocycles. The first-order valence-corrected chi connectivity index (χ1v) is 8.94. The van der Waals surface area contributed by atoms with Crippen molar-refractivity contribution >= 4 is 11.7 Å². The van der Waals surface area contributed by atoms with Crippen molar-refractivity contribution in [3.63, 3.8) is 0 Å². The molecule has 1 N–H and O–H groups in total. The van der Waals surface area contributed by atoms with Gasteiger partial charge in [-0.3, -0.25) is 4.79 Å². The van der Waals surface area contributed by atoms with Gasteiger partial charge >= 0.3 is 6.18 Å². The third kappa shape index (κ3) is 4.42. The maximum atomic E-state index is 13.1. The van der Waals surface area contributed by atoms with E-state index < -0.39 is 17.6 Å². The number of alkyl halides is 3. The maximum absolute atomic E-state index is 13.1. The SMILES string of the molecule is N#Cc1cccnc1N1CCC(CNC(=O)c2ccccc2C(F)(F)F)CC1. The van der Waals surface area contributed by atoms with Crippen LogP contribution >= 0.6 is 0 Å². The van der Waals surface area contributed by atoms with Crippen molar-refractivity contribution in [2.75, 3.05) is 24.5 Å². The van der Waals surface area contributed by atoms with Gasteiger partial charge in [0.25, 0.3) is 5.91 Å². The topological polar surface area (TPSA) is 69.0 Å². The Morgan fingerprint density at radius 1 is 1.21 bits per heavy atom. The molecule has 1 fully saturated rings. The molecule has 28 heavy (non-hydrogen) atoms. The highest BCUT2D eigenvalue weighted by atomic mass is 19.4. The molecule has 0 spiro atoms. The van der Waals surface area contributed by atoms with Crippen LogP contribution in [0.3, 0.4) is 0 Å². The number of amides is 1. The summed E-state index contributed by atoms with van der Waals surface area (Å²) in [7, 11) is 0. The standard InChI is InChI=1S/C20H19F3N4O/c21-20(22,23)17-6-2-1-5-16(17)19(28)26-13-14-7-10-27(11-8-14)18-15(12-24)4-3-9-25-18/h1-6,9,14H,7-8,10-11,13H2,(H,26,28). The molecule has 2 aromatic rings. The molecule has 5 nitrogen and oxygen atoms in total. The number of hydrogen-bond donors (Lipinski definition) is 1. The highest BCUT2D eigenvalue weighted by Gasteiger charge is 2.35. The van der Waals surface area contributed by atoms with E-state index in [1.165, 1.54) is 18.2 Å². The van der Waals surface area contributed by atoms with E-state index in [0.29, 0.717) is 31.0 Å². The smallest absolute Gasteiger partial charge is 0.356 e. The van der Waals surface area contributed by atoms with Crippen LogP contribution in [0, 0.1) is 17.2 Å². The number of anilines is 1. The van der Waals surface area contributed by atoms with Gasteiger partial charge in [-0.05, 0) is 43.0 Å². The fraction of sp³-hybridized carbons (Fsp3) is 0.350. The van der Waals surface area contributed by atoms with Gasteiger partial charge in [0.1, 0.15) is 11.9 Å². The van der Waals surface area contributed by atoms with Gasteiger partial charge in [0.15, 0.2) is 0 Å². The minimum absolute atomic E-state index is 0.160. The Labute approximate surface area is 160 Å². The molecule has 1 amide bonds. The Balaban J connectivity index is 1.57. The summed E-state index contributed by atoms with van der Waals surface area (Å²) in [5, 5.41) is 11.8. The van der Waals surface area contributed by atoms with E-state index in [1.54, 1.807) is 18.3 Å². The normalized spacial score (nSPS) is 15.1. The zero-order chi connectivity index (χ0) is 20.1. The van der Waals surface area contributed by atoms with E-state index in [2.05, 4.69) is 16.4 Å². The second kappa shape index (κ2) is 8.30. The van der Waals surface area contributed by atoms with Gasteiger partial charge < -0.3 is 10.2 Å². The first-order chi connectivity index (χ1) is 13.4. The van der Waals surface area contributed by atoms with Crippen molar-refractivity contribution in [2.45, 2.75) is 19.0 Å². The Bertz CT molecular complexity index is 884. The van der Waals surface area contributed by atoms with E-state index in [0.717, 1.165) is 18.9 Å². The molecule has 0 unspecified atom stereocenters. The number of halogens is 3. The average Bonchev–Trinajstić information content (AvgIpc) is 2.71. The molecular formula is C20H19F3N4O. The third-order valence-corrected chi connectivity index (χ3v) is 4.85. The van der Waals surface area contributed by atoms with Crippen LogP contribution in [-0.2, 0) is 6.18 Å². The van der Waals surface area contributed by atoms with Crippen LogP contribution in [0.2, 0.25) is 0 Å². The molecule has 0 aliphatic carbocycles. The molecule has 146 valence electrons. The van der Waals surface area contributed by atoms with E-state index in [1.807, 2.05) is 4.90 Å². The van der Waals surface area contributed by atoms with Crippen LogP contribution < -0.4 is 10.2 Å². The van der Waals surface area contributed by atoms with Gasteiger partial charge in [-0.1, -0.05) is 12.1 Å². The van der Waals surface area contributed by atoms with Crippen LogP contribution in [-0.4, -0.2) is 30.5 Å². The molecule has 1 saturated heterocycles. The predicted octanol–water partition coefficient (Wildman–Crippen LogP) is 3.62. The largest absolute Gasteiger partial charge is 0.417 e. The van der Waals surface area contributed by atoms with Crippen LogP contribution in [0.1, 0.15) is 34.3 Å². The lowest BCUT2D eigenvalue weighted by Crippen LogP contribution is -2.39. The summed E-state index contributed by atoms with van der Waals surface area (Å²) < 4.78 is 39.2. The predicted molar refractivity (Wildman–Crippen MR) is 97.7 cm³/mol. The van der Waals surface area contributed by atoms with Crippen LogP contribution in [0.5, 0.6) is 0 Å². The second-order valence-corrected chi connectivity index (χ2v) is 6.67. The van der Waals surface area contributed by atoms with Crippen molar-refractivity contribution < 1.29 is 18.0 Å².